The summed E-state index contributed by atoms with van der Waals surface area (Å²) in [7, 11) is 0. The highest BCUT2D eigenvalue weighted by Gasteiger charge is 2.59. The predicted octanol–water partition coefficient (Wildman–Crippen LogP) is 4.51. The van der Waals surface area contributed by atoms with E-state index in [0.717, 1.165) is 22.4 Å². The van der Waals surface area contributed by atoms with Crippen LogP contribution in [0.3, 0.4) is 0 Å². The quantitative estimate of drug-likeness (QED) is 0.780. The van der Waals surface area contributed by atoms with Crippen LogP contribution in [0.15, 0.2) is 42.5 Å². The lowest BCUT2D eigenvalue weighted by Gasteiger charge is -2.33. The summed E-state index contributed by atoms with van der Waals surface area (Å²) in [5, 5.41) is 3.50. The molecule has 2 aromatic carbocycles. The zero-order chi connectivity index (χ0) is 20.8. The van der Waals surface area contributed by atoms with Gasteiger partial charge in [-0.3, -0.25) is 9.69 Å². The van der Waals surface area contributed by atoms with Gasteiger partial charge in [0.1, 0.15) is 0 Å². The molecule has 1 atom stereocenters. The Bertz CT molecular complexity index is 980. The lowest BCUT2D eigenvalue weighted by atomic mass is 10.1. The molecule has 4 rings (SSSR count). The van der Waals surface area contributed by atoms with Gasteiger partial charge in [-0.15, -0.1) is 11.8 Å². The van der Waals surface area contributed by atoms with Gasteiger partial charge in [-0.05, 0) is 44.5 Å². The van der Waals surface area contributed by atoms with E-state index in [2.05, 4.69) is 11.4 Å². The Kier molecular flexibility index (Phi) is 5.25. The minimum Gasteiger partial charge on any atom is -0.336 e. The fourth-order valence-corrected chi connectivity index (χ4v) is 5.69. The number of halogens is 1. The molecule has 2 aromatic rings. The highest BCUT2D eigenvalue weighted by Crippen LogP contribution is 2.54. The number of anilines is 1. The highest BCUT2D eigenvalue weighted by atomic mass is 35.5. The Hall–Kier alpha value is -2.18. The van der Waals surface area contributed by atoms with Crippen molar-refractivity contribution in [2.24, 2.45) is 0 Å². The fourth-order valence-electron chi connectivity index (χ4n) is 4.06. The largest absolute Gasteiger partial charge is 0.336 e. The van der Waals surface area contributed by atoms with Gasteiger partial charge in [-0.1, -0.05) is 41.4 Å². The maximum absolute atomic E-state index is 13.8. The van der Waals surface area contributed by atoms with Gasteiger partial charge >= 0.3 is 6.03 Å². The Morgan fingerprint density at radius 1 is 1.28 bits per heavy atom. The van der Waals surface area contributed by atoms with Crippen molar-refractivity contribution < 1.29 is 9.59 Å². The number of carbonyl (C=O) groups is 2. The van der Waals surface area contributed by atoms with Crippen molar-refractivity contribution in [1.82, 2.24) is 10.2 Å². The third-order valence-electron chi connectivity index (χ3n) is 5.24. The molecule has 152 valence electrons. The van der Waals surface area contributed by atoms with Gasteiger partial charge < -0.3 is 10.2 Å². The van der Waals surface area contributed by atoms with Crippen LogP contribution in [0.2, 0.25) is 5.02 Å². The van der Waals surface area contributed by atoms with E-state index < -0.39 is 4.87 Å². The molecule has 5 nitrogen and oxygen atoms in total. The number of aryl methyl sites for hydroxylation is 1. The van der Waals surface area contributed by atoms with Crippen LogP contribution in [0, 0.1) is 6.92 Å². The molecule has 1 spiro atoms. The molecular weight excluding hydrogens is 406 g/mol. The molecule has 0 aliphatic carbocycles. The average molecular weight is 430 g/mol. The molecule has 0 bridgehead atoms. The minimum absolute atomic E-state index is 0.0103. The first-order valence-electron chi connectivity index (χ1n) is 9.72. The molecule has 0 radical (unpaired) electrons. The second-order valence-corrected chi connectivity index (χ2v) is 9.51. The van der Waals surface area contributed by atoms with E-state index in [-0.39, 0.29) is 18.0 Å². The number of carbonyl (C=O) groups excluding carboxylic acids is 2. The average Bonchev–Trinajstić information content (AvgIpc) is 3.19. The predicted molar refractivity (Wildman–Crippen MR) is 118 cm³/mol. The van der Waals surface area contributed by atoms with E-state index in [1.165, 1.54) is 11.8 Å². The third-order valence-corrected chi connectivity index (χ3v) is 6.89. The van der Waals surface area contributed by atoms with Gasteiger partial charge in [0, 0.05) is 28.9 Å². The molecule has 1 N–H and O–H groups in total. The van der Waals surface area contributed by atoms with Crippen LogP contribution < -0.4 is 10.2 Å². The van der Waals surface area contributed by atoms with Crippen molar-refractivity contribution >= 4 is 41.0 Å². The Morgan fingerprint density at radius 2 is 2.07 bits per heavy atom. The molecule has 2 aliphatic rings. The summed E-state index contributed by atoms with van der Waals surface area (Å²) in [6, 6.07) is 13.4. The van der Waals surface area contributed by atoms with Crippen molar-refractivity contribution in [3.63, 3.8) is 0 Å². The number of urea groups is 1. The number of hydrogen-bond acceptors (Lipinski definition) is 3. The molecule has 1 unspecified atom stereocenters. The Morgan fingerprint density at radius 3 is 2.79 bits per heavy atom. The smallest absolute Gasteiger partial charge is 0.319 e. The second-order valence-electron chi connectivity index (χ2n) is 7.79. The van der Waals surface area contributed by atoms with E-state index in [1.54, 1.807) is 15.9 Å². The first-order valence-corrected chi connectivity index (χ1v) is 11.1. The standard InChI is InChI=1S/C22H24ClN3O2S/c1-14(2)24-21(28)26-9-10-29-22(26)18-12-17(23)7-8-19(18)25(20(22)27)13-16-6-4-5-15(3)11-16/h4-8,11-12,14H,9-10,13H2,1-3H3,(H,24,28). The van der Waals surface area contributed by atoms with Crippen LogP contribution >= 0.6 is 23.4 Å². The topological polar surface area (TPSA) is 52.7 Å². The monoisotopic (exact) mass is 429 g/mol. The van der Waals surface area contributed by atoms with Gasteiger partial charge in [0.25, 0.3) is 5.91 Å². The maximum atomic E-state index is 13.8. The van der Waals surface area contributed by atoms with E-state index >= 15 is 0 Å². The summed E-state index contributed by atoms with van der Waals surface area (Å²) in [6.07, 6.45) is 0. The van der Waals surface area contributed by atoms with Crippen LogP contribution in [0.25, 0.3) is 0 Å². The molecule has 29 heavy (non-hydrogen) atoms. The van der Waals surface area contributed by atoms with Crippen molar-refractivity contribution in [2.45, 2.75) is 38.2 Å². The molecule has 0 aromatic heterocycles. The normalized spacial score (nSPS) is 20.7. The Labute approximate surface area is 180 Å². The molecule has 2 heterocycles. The molecule has 1 saturated heterocycles. The van der Waals surface area contributed by atoms with E-state index in [0.29, 0.717) is 23.9 Å². The van der Waals surface area contributed by atoms with Crippen molar-refractivity contribution in [1.29, 1.82) is 0 Å². The van der Waals surface area contributed by atoms with E-state index in [9.17, 15) is 9.59 Å². The van der Waals surface area contributed by atoms with Crippen LogP contribution in [0.5, 0.6) is 0 Å². The highest BCUT2D eigenvalue weighted by molar-refractivity contribution is 8.01. The van der Waals surface area contributed by atoms with Crippen molar-refractivity contribution in [2.75, 3.05) is 17.2 Å². The molecule has 2 aliphatic heterocycles. The summed E-state index contributed by atoms with van der Waals surface area (Å²) in [5.41, 5.74) is 3.81. The number of hydrogen-bond donors (Lipinski definition) is 1. The van der Waals surface area contributed by atoms with Crippen LogP contribution in [0.1, 0.15) is 30.5 Å². The van der Waals surface area contributed by atoms with Gasteiger partial charge in [0.2, 0.25) is 0 Å². The molecule has 0 saturated carbocycles. The summed E-state index contributed by atoms with van der Waals surface area (Å²) < 4.78 is 0. The van der Waals surface area contributed by atoms with Gasteiger partial charge in [-0.2, -0.15) is 0 Å². The van der Waals surface area contributed by atoms with Gasteiger partial charge in [0.05, 0.1) is 12.2 Å². The number of rotatable bonds is 3. The maximum Gasteiger partial charge on any atom is 0.319 e. The van der Waals surface area contributed by atoms with Crippen LogP contribution in [0.4, 0.5) is 10.5 Å². The Balaban J connectivity index is 1.78. The second kappa shape index (κ2) is 7.58. The van der Waals surface area contributed by atoms with Crippen molar-refractivity contribution in [3.05, 3.63) is 64.2 Å². The summed E-state index contributed by atoms with van der Waals surface area (Å²) in [4.78, 5) is 29.2. The van der Waals surface area contributed by atoms with Crippen LogP contribution in [-0.4, -0.2) is 35.2 Å². The molecular formula is C22H24ClN3O2S. The summed E-state index contributed by atoms with van der Waals surface area (Å²) >= 11 is 7.82. The lowest BCUT2D eigenvalue weighted by Crippen LogP contribution is -2.54. The zero-order valence-corrected chi connectivity index (χ0v) is 18.3. The first-order chi connectivity index (χ1) is 13.8. The van der Waals surface area contributed by atoms with E-state index in [1.807, 2.05) is 51.1 Å². The molecule has 7 heteroatoms. The first kappa shape index (κ1) is 20.1. The van der Waals surface area contributed by atoms with Gasteiger partial charge in [0.15, 0.2) is 4.87 Å². The lowest BCUT2D eigenvalue weighted by molar-refractivity contribution is -0.123. The number of fused-ring (bicyclic) bond motifs is 2. The van der Waals surface area contributed by atoms with E-state index in [4.69, 9.17) is 11.6 Å². The summed E-state index contributed by atoms with van der Waals surface area (Å²) in [5.74, 6) is 0.610. The number of nitrogens with one attached hydrogen (secondary N) is 1. The number of thioether (sulfide) groups is 1. The SMILES string of the molecule is Cc1cccc(CN2C(=O)C3(SCCN3C(=O)NC(C)C)c3cc(Cl)ccc32)c1. The molecule has 1 fully saturated rings. The fraction of sp³-hybridized carbons (Fsp3) is 0.364. The van der Waals surface area contributed by atoms with Crippen LogP contribution in [-0.2, 0) is 16.2 Å². The number of nitrogens with zero attached hydrogens (tertiary/aromatic N) is 2. The summed E-state index contributed by atoms with van der Waals surface area (Å²) in [6.45, 7) is 6.84. The minimum atomic E-state index is -1.07. The number of benzene rings is 2. The third kappa shape index (κ3) is 3.38. The van der Waals surface area contributed by atoms with Crippen molar-refractivity contribution in [3.8, 4) is 0 Å². The van der Waals surface area contributed by atoms with Gasteiger partial charge in [-0.25, -0.2) is 4.79 Å². The molecule has 3 amide bonds. The number of amides is 3. The zero-order valence-electron chi connectivity index (χ0n) is 16.7.